The lowest BCUT2D eigenvalue weighted by atomic mass is 10.1. The highest BCUT2D eigenvalue weighted by Crippen LogP contribution is 2.61. The van der Waals surface area contributed by atoms with Gasteiger partial charge in [0.25, 0.3) is 7.37 Å². The largest absolute Gasteiger partial charge is 0.317 e. The van der Waals surface area contributed by atoms with E-state index in [1.807, 2.05) is 54.6 Å². The van der Waals surface area contributed by atoms with Gasteiger partial charge in [0.2, 0.25) is 0 Å². The first-order valence-corrected chi connectivity index (χ1v) is 7.42. The average Bonchev–Trinajstić information content (AvgIpc) is 2.44. The van der Waals surface area contributed by atoms with E-state index < -0.39 is 7.37 Å². The van der Waals surface area contributed by atoms with Gasteiger partial charge < -0.3 is 4.52 Å². The van der Waals surface area contributed by atoms with Crippen molar-refractivity contribution < 1.29 is 9.09 Å². The van der Waals surface area contributed by atoms with Gasteiger partial charge in [0.05, 0.1) is 6.61 Å². The number of hydrogen-bond donors (Lipinski definition) is 0. The summed E-state index contributed by atoms with van der Waals surface area (Å²) in [5.41, 5.74) is 2.00. The molecule has 1 unspecified atom stereocenters. The van der Waals surface area contributed by atoms with Gasteiger partial charge in [0, 0.05) is 10.6 Å². The van der Waals surface area contributed by atoms with Crippen molar-refractivity contribution in [3.05, 3.63) is 72.3 Å². The zero-order valence-corrected chi connectivity index (χ0v) is 10.8. The minimum atomic E-state index is -2.98. The molecule has 0 aromatic heterocycles. The van der Waals surface area contributed by atoms with Crippen LogP contribution in [0.5, 0.6) is 0 Å². The van der Waals surface area contributed by atoms with E-state index in [0.29, 0.717) is 17.2 Å². The monoisotopic (exact) mass is 256 g/mol. The topological polar surface area (TPSA) is 26.3 Å². The summed E-state index contributed by atoms with van der Waals surface area (Å²) in [7, 11) is -2.98. The Kier molecular flexibility index (Phi) is 2.70. The Morgan fingerprint density at radius 3 is 2.44 bits per heavy atom. The highest BCUT2D eigenvalue weighted by atomic mass is 31.2. The van der Waals surface area contributed by atoms with Crippen LogP contribution in [-0.2, 0) is 15.7 Å². The Balaban J connectivity index is 2.13. The third-order valence-electron chi connectivity index (χ3n) is 3.18. The zero-order chi connectivity index (χ0) is 12.6. The summed E-state index contributed by atoms with van der Waals surface area (Å²) in [6, 6.07) is 17.1. The van der Waals surface area contributed by atoms with Gasteiger partial charge in [-0.15, -0.1) is 0 Å². The van der Waals surface area contributed by atoms with Crippen molar-refractivity contribution in [1.29, 1.82) is 0 Å². The SMILES string of the molecule is C=C1c2ccccc2COP1(=O)c1ccccc1. The molecule has 2 aromatic carbocycles. The van der Waals surface area contributed by atoms with E-state index in [1.165, 1.54) is 0 Å². The summed E-state index contributed by atoms with van der Waals surface area (Å²) < 4.78 is 18.7. The predicted octanol–water partition coefficient (Wildman–Crippen LogP) is 3.79. The summed E-state index contributed by atoms with van der Waals surface area (Å²) in [6.45, 7) is 4.37. The third-order valence-corrected chi connectivity index (χ3v) is 5.60. The smallest absolute Gasteiger partial charge is 0.261 e. The summed E-state index contributed by atoms with van der Waals surface area (Å²) >= 11 is 0. The maximum absolute atomic E-state index is 13.0. The Bertz CT molecular complexity index is 647. The molecule has 0 fully saturated rings. The molecule has 90 valence electrons. The second-order valence-electron chi connectivity index (χ2n) is 4.26. The molecule has 3 rings (SSSR count). The first-order valence-electron chi connectivity index (χ1n) is 5.80. The van der Waals surface area contributed by atoms with E-state index in [4.69, 9.17) is 4.52 Å². The molecule has 1 aliphatic rings. The van der Waals surface area contributed by atoms with E-state index in [1.54, 1.807) is 0 Å². The second-order valence-corrected chi connectivity index (χ2v) is 6.68. The standard InChI is InChI=1S/C15H13O2P/c1-12-15-10-6-5-7-13(15)11-17-18(12,16)14-8-3-2-4-9-14/h2-10H,1,11H2. The third kappa shape index (κ3) is 1.66. The lowest BCUT2D eigenvalue weighted by molar-refractivity contribution is 0.312. The fourth-order valence-corrected chi connectivity index (χ4v) is 4.22. The molecule has 2 aromatic rings. The van der Waals surface area contributed by atoms with Crippen molar-refractivity contribution in [3.8, 4) is 0 Å². The summed E-state index contributed by atoms with van der Waals surface area (Å²) in [6.07, 6.45) is 0. The minimum absolute atomic E-state index is 0.376. The van der Waals surface area contributed by atoms with Crippen molar-refractivity contribution in [3.63, 3.8) is 0 Å². The van der Waals surface area contributed by atoms with Gasteiger partial charge in [-0.1, -0.05) is 49.0 Å². The van der Waals surface area contributed by atoms with Crippen molar-refractivity contribution in [2.24, 2.45) is 0 Å². The first-order chi connectivity index (χ1) is 8.72. The number of rotatable bonds is 1. The predicted molar refractivity (Wildman–Crippen MR) is 73.9 cm³/mol. The summed E-state index contributed by atoms with van der Waals surface area (Å²) in [5.74, 6) is 0. The van der Waals surface area contributed by atoms with Gasteiger partial charge in [-0.2, -0.15) is 0 Å². The second kappa shape index (κ2) is 4.24. The van der Waals surface area contributed by atoms with Crippen LogP contribution in [0.1, 0.15) is 11.1 Å². The lowest BCUT2D eigenvalue weighted by Crippen LogP contribution is -2.13. The van der Waals surface area contributed by atoms with Gasteiger partial charge in [0.1, 0.15) is 0 Å². The molecule has 3 heteroatoms. The highest BCUT2D eigenvalue weighted by Gasteiger charge is 2.35. The van der Waals surface area contributed by atoms with Crippen LogP contribution in [-0.4, -0.2) is 0 Å². The van der Waals surface area contributed by atoms with Crippen LogP contribution in [0, 0.1) is 0 Å². The highest BCUT2D eigenvalue weighted by molar-refractivity contribution is 7.76. The maximum Gasteiger partial charge on any atom is 0.261 e. The number of fused-ring (bicyclic) bond motifs is 1. The lowest BCUT2D eigenvalue weighted by Gasteiger charge is -2.27. The molecule has 2 nitrogen and oxygen atoms in total. The Labute approximate surface area is 106 Å². The van der Waals surface area contributed by atoms with Gasteiger partial charge in [-0.3, -0.25) is 4.57 Å². The fourth-order valence-electron chi connectivity index (χ4n) is 2.18. The maximum atomic E-state index is 13.0. The van der Waals surface area contributed by atoms with Crippen LogP contribution < -0.4 is 5.30 Å². The van der Waals surface area contributed by atoms with E-state index >= 15 is 0 Å². The molecule has 1 atom stereocenters. The molecule has 18 heavy (non-hydrogen) atoms. The van der Waals surface area contributed by atoms with Crippen LogP contribution >= 0.6 is 7.37 Å². The Morgan fingerprint density at radius 1 is 1.00 bits per heavy atom. The van der Waals surface area contributed by atoms with Crippen LogP contribution in [0.15, 0.2) is 61.2 Å². The molecule has 0 spiro atoms. The zero-order valence-electron chi connectivity index (χ0n) is 9.87. The van der Waals surface area contributed by atoms with Crippen molar-refractivity contribution in [2.75, 3.05) is 0 Å². The van der Waals surface area contributed by atoms with Crippen molar-refractivity contribution >= 4 is 18.0 Å². The molecule has 0 saturated heterocycles. The molecule has 0 aliphatic carbocycles. The fraction of sp³-hybridized carbons (Fsp3) is 0.0667. The van der Waals surface area contributed by atoms with Gasteiger partial charge in [-0.25, -0.2) is 0 Å². The van der Waals surface area contributed by atoms with Crippen LogP contribution in [0.3, 0.4) is 0 Å². The molecule has 0 radical (unpaired) electrons. The van der Waals surface area contributed by atoms with E-state index in [2.05, 4.69) is 6.58 Å². The molecule has 0 N–H and O–H groups in total. The van der Waals surface area contributed by atoms with Gasteiger partial charge in [0.15, 0.2) is 0 Å². The average molecular weight is 256 g/mol. The van der Waals surface area contributed by atoms with E-state index in [0.717, 1.165) is 11.1 Å². The van der Waals surface area contributed by atoms with Gasteiger partial charge in [-0.05, 0) is 23.3 Å². The summed E-state index contributed by atoms with van der Waals surface area (Å²) in [4.78, 5) is 0. The molecule has 0 saturated carbocycles. The Morgan fingerprint density at radius 2 is 1.67 bits per heavy atom. The number of benzene rings is 2. The minimum Gasteiger partial charge on any atom is -0.317 e. The molecular formula is C15H13O2P. The van der Waals surface area contributed by atoms with Crippen LogP contribution in [0.2, 0.25) is 0 Å². The van der Waals surface area contributed by atoms with Crippen molar-refractivity contribution in [2.45, 2.75) is 6.61 Å². The molecular weight excluding hydrogens is 243 g/mol. The normalized spacial score (nSPS) is 22.6. The van der Waals surface area contributed by atoms with Gasteiger partial charge >= 0.3 is 0 Å². The first kappa shape index (κ1) is 11.5. The van der Waals surface area contributed by atoms with Crippen LogP contribution in [0.4, 0.5) is 0 Å². The summed E-state index contributed by atoms with van der Waals surface area (Å²) in [5, 5.41) is 1.31. The quantitative estimate of drug-likeness (QED) is 0.725. The Hall–Kier alpha value is -1.63. The molecule has 1 aliphatic heterocycles. The molecule has 1 heterocycles. The molecule has 0 amide bonds. The molecule has 0 bridgehead atoms. The van der Waals surface area contributed by atoms with E-state index in [9.17, 15) is 4.57 Å². The van der Waals surface area contributed by atoms with E-state index in [-0.39, 0.29) is 0 Å². The van der Waals surface area contributed by atoms with Crippen LogP contribution in [0.25, 0.3) is 5.31 Å². The number of hydrogen-bond acceptors (Lipinski definition) is 2. The van der Waals surface area contributed by atoms with Crippen molar-refractivity contribution in [1.82, 2.24) is 0 Å².